The van der Waals surface area contributed by atoms with Gasteiger partial charge in [-0.05, 0) is 17.7 Å². The van der Waals surface area contributed by atoms with Crippen LogP contribution in [0, 0.1) is 0 Å². The van der Waals surface area contributed by atoms with Crippen LogP contribution in [-0.2, 0) is 0 Å². The summed E-state index contributed by atoms with van der Waals surface area (Å²) in [5, 5.41) is 10.4. The molecule has 0 aromatic heterocycles. The number of aliphatic hydroxyl groups is 1. The van der Waals surface area contributed by atoms with Gasteiger partial charge in [-0.1, -0.05) is 28.1 Å². The fourth-order valence-corrected chi connectivity index (χ4v) is 1.45. The zero-order chi connectivity index (χ0) is 11.4. The van der Waals surface area contributed by atoms with Crippen LogP contribution in [-0.4, -0.2) is 23.8 Å². The fourth-order valence-electron chi connectivity index (χ4n) is 1.18. The molecule has 0 spiro atoms. The van der Waals surface area contributed by atoms with E-state index in [1.807, 2.05) is 24.3 Å². The van der Waals surface area contributed by atoms with Crippen LogP contribution in [0.5, 0.6) is 0 Å². The third-order valence-electron chi connectivity index (χ3n) is 2.04. The minimum atomic E-state index is -0.186. The molecule has 4 nitrogen and oxygen atoms in total. The molecule has 82 valence electrons. The molecule has 1 aromatic carbocycles. The van der Waals surface area contributed by atoms with Crippen molar-refractivity contribution in [2.45, 2.75) is 0 Å². The van der Waals surface area contributed by atoms with Crippen molar-refractivity contribution < 1.29 is 5.11 Å². The van der Waals surface area contributed by atoms with Crippen LogP contribution in [0.3, 0.4) is 0 Å². The van der Waals surface area contributed by atoms with Crippen LogP contribution in [0.25, 0.3) is 5.70 Å². The van der Waals surface area contributed by atoms with Crippen molar-refractivity contribution in [3.05, 3.63) is 40.0 Å². The molecule has 5 heteroatoms. The van der Waals surface area contributed by atoms with Crippen molar-refractivity contribution in [2.75, 3.05) is 13.7 Å². The van der Waals surface area contributed by atoms with Gasteiger partial charge < -0.3 is 15.8 Å². The lowest BCUT2D eigenvalue weighted by molar-refractivity contribution is 0.278. The SMILES string of the molecule is CN(N)/C(CO)=C(\N)c1ccc(Br)cc1. The Labute approximate surface area is 97.3 Å². The van der Waals surface area contributed by atoms with E-state index in [1.54, 1.807) is 7.05 Å². The molecule has 0 unspecified atom stereocenters. The van der Waals surface area contributed by atoms with Crippen molar-refractivity contribution in [1.82, 2.24) is 5.01 Å². The molecule has 0 heterocycles. The van der Waals surface area contributed by atoms with Crippen LogP contribution in [0.1, 0.15) is 5.56 Å². The monoisotopic (exact) mass is 271 g/mol. The first kappa shape index (κ1) is 12.0. The van der Waals surface area contributed by atoms with Crippen molar-refractivity contribution >= 4 is 21.6 Å². The molecule has 0 fully saturated rings. The van der Waals surface area contributed by atoms with Gasteiger partial charge in [-0.15, -0.1) is 0 Å². The van der Waals surface area contributed by atoms with E-state index in [-0.39, 0.29) is 6.61 Å². The number of nitrogens with two attached hydrogens (primary N) is 2. The highest BCUT2D eigenvalue weighted by molar-refractivity contribution is 9.10. The Morgan fingerprint density at radius 3 is 2.33 bits per heavy atom. The lowest BCUT2D eigenvalue weighted by Crippen LogP contribution is -2.29. The van der Waals surface area contributed by atoms with Crippen LogP contribution in [0.2, 0.25) is 0 Å². The predicted molar refractivity (Wildman–Crippen MR) is 64.3 cm³/mol. The van der Waals surface area contributed by atoms with Crippen LogP contribution in [0.15, 0.2) is 34.4 Å². The number of halogens is 1. The van der Waals surface area contributed by atoms with E-state index in [0.717, 1.165) is 10.0 Å². The van der Waals surface area contributed by atoms with Crippen LogP contribution in [0.4, 0.5) is 0 Å². The summed E-state index contributed by atoms with van der Waals surface area (Å²) in [6, 6.07) is 7.48. The Hall–Kier alpha value is -1.04. The highest BCUT2D eigenvalue weighted by atomic mass is 79.9. The Bertz CT molecular complexity index is 359. The summed E-state index contributed by atoms with van der Waals surface area (Å²) in [4.78, 5) is 0. The zero-order valence-corrected chi connectivity index (χ0v) is 10.0. The van der Waals surface area contributed by atoms with Gasteiger partial charge in [-0.3, -0.25) is 0 Å². The number of hydrogen-bond acceptors (Lipinski definition) is 4. The second-order valence-corrected chi connectivity index (χ2v) is 4.05. The van der Waals surface area contributed by atoms with Gasteiger partial charge in [0.25, 0.3) is 0 Å². The minimum absolute atomic E-state index is 0.186. The lowest BCUT2D eigenvalue weighted by Gasteiger charge is -2.17. The average Bonchev–Trinajstić information content (AvgIpc) is 2.19. The van der Waals surface area contributed by atoms with E-state index >= 15 is 0 Å². The van der Waals surface area contributed by atoms with Gasteiger partial charge in [0.1, 0.15) is 0 Å². The Balaban J connectivity index is 3.10. The number of benzene rings is 1. The van der Waals surface area contributed by atoms with Crippen molar-refractivity contribution in [3.8, 4) is 0 Å². The van der Waals surface area contributed by atoms with Crippen molar-refractivity contribution in [1.29, 1.82) is 0 Å². The van der Waals surface area contributed by atoms with Gasteiger partial charge in [-0.25, -0.2) is 5.84 Å². The first-order valence-corrected chi connectivity index (χ1v) is 5.19. The highest BCUT2D eigenvalue weighted by Crippen LogP contribution is 2.17. The highest BCUT2D eigenvalue weighted by Gasteiger charge is 2.07. The molecule has 0 saturated carbocycles. The predicted octanol–water partition coefficient (Wildman–Crippen LogP) is 0.874. The van der Waals surface area contributed by atoms with E-state index < -0.39 is 0 Å². The molecule has 0 saturated heterocycles. The number of likely N-dealkylation sites (N-methyl/N-ethyl adjacent to an activating group) is 1. The summed E-state index contributed by atoms with van der Waals surface area (Å²) >= 11 is 3.34. The number of rotatable bonds is 3. The molecule has 1 rings (SSSR count). The normalized spacial score (nSPS) is 12.3. The molecular formula is C10H14BrN3O. The second kappa shape index (κ2) is 5.16. The van der Waals surface area contributed by atoms with Crippen LogP contribution >= 0.6 is 15.9 Å². The van der Waals surface area contributed by atoms with E-state index in [2.05, 4.69) is 15.9 Å². The maximum absolute atomic E-state index is 9.11. The quantitative estimate of drug-likeness (QED) is 0.564. The largest absolute Gasteiger partial charge is 0.397 e. The summed E-state index contributed by atoms with van der Waals surface area (Å²) in [6.07, 6.45) is 0. The molecule has 0 aliphatic heterocycles. The zero-order valence-electron chi connectivity index (χ0n) is 8.44. The van der Waals surface area contributed by atoms with Crippen molar-refractivity contribution in [3.63, 3.8) is 0 Å². The minimum Gasteiger partial charge on any atom is -0.397 e. The maximum atomic E-state index is 9.11. The Morgan fingerprint density at radius 2 is 1.93 bits per heavy atom. The first-order chi connectivity index (χ1) is 7.06. The van der Waals surface area contributed by atoms with Gasteiger partial charge in [-0.2, -0.15) is 0 Å². The summed E-state index contributed by atoms with van der Waals surface area (Å²) in [5.74, 6) is 5.54. The van der Waals surface area contributed by atoms with Gasteiger partial charge in [0.05, 0.1) is 18.0 Å². The molecule has 15 heavy (non-hydrogen) atoms. The molecule has 1 aromatic rings. The summed E-state index contributed by atoms with van der Waals surface area (Å²) < 4.78 is 0.978. The summed E-state index contributed by atoms with van der Waals surface area (Å²) in [5.41, 5.74) is 7.70. The first-order valence-electron chi connectivity index (χ1n) is 4.40. The topological polar surface area (TPSA) is 75.5 Å². The van der Waals surface area contributed by atoms with Gasteiger partial charge in [0, 0.05) is 11.5 Å². The molecule has 0 atom stereocenters. The van der Waals surface area contributed by atoms with E-state index in [0.29, 0.717) is 11.4 Å². The Morgan fingerprint density at radius 1 is 1.40 bits per heavy atom. The molecule has 0 aliphatic rings. The van der Waals surface area contributed by atoms with Crippen molar-refractivity contribution in [2.24, 2.45) is 11.6 Å². The average molecular weight is 272 g/mol. The third kappa shape index (κ3) is 2.95. The fraction of sp³-hybridized carbons (Fsp3) is 0.200. The lowest BCUT2D eigenvalue weighted by atomic mass is 10.1. The molecular weight excluding hydrogens is 258 g/mol. The van der Waals surface area contributed by atoms with Gasteiger partial charge in [0.15, 0.2) is 0 Å². The van der Waals surface area contributed by atoms with E-state index in [4.69, 9.17) is 16.7 Å². The maximum Gasteiger partial charge on any atom is 0.0864 e. The molecule has 0 amide bonds. The number of hydrogen-bond donors (Lipinski definition) is 3. The standard InChI is InChI=1S/C10H14BrN3O/c1-14(13)9(6-15)10(12)7-2-4-8(11)5-3-7/h2-5,15H,6,12-13H2,1H3/b10-9-. The number of nitrogens with zero attached hydrogens (tertiary/aromatic N) is 1. The second-order valence-electron chi connectivity index (χ2n) is 3.14. The summed E-state index contributed by atoms with van der Waals surface area (Å²) in [7, 11) is 1.64. The number of hydrazine groups is 1. The molecule has 0 aliphatic carbocycles. The van der Waals surface area contributed by atoms with Gasteiger partial charge in [0.2, 0.25) is 0 Å². The van der Waals surface area contributed by atoms with E-state index in [1.165, 1.54) is 5.01 Å². The number of aliphatic hydroxyl groups excluding tert-OH is 1. The molecule has 0 bridgehead atoms. The van der Waals surface area contributed by atoms with Crippen LogP contribution < -0.4 is 11.6 Å². The van der Waals surface area contributed by atoms with E-state index in [9.17, 15) is 0 Å². The summed E-state index contributed by atoms with van der Waals surface area (Å²) in [6.45, 7) is -0.186. The molecule has 0 radical (unpaired) electrons. The Kier molecular flexibility index (Phi) is 4.14. The third-order valence-corrected chi connectivity index (χ3v) is 2.57. The molecule has 5 N–H and O–H groups in total. The van der Waals surface area contributed by atoms with Gasteiger partial charge >= 0.3 is 0 Å². The smallest absolute Gasteiger partial charge is 0.0864 e.